The predicted molar refractivity (Wildman–Crippen MR) is 72.2 cm³/mol. The number of hydrogen-bond donors (Lipinski definition) is 2. The van der Waals surface area contributed by atoms with Crippen molar-refractivity contribution in [1.82, 2.24) is 4.90 Å². The highest BCUT2D eigenvalue weighted by atomic mass is 32.2. The number of thioether (sulfide) groups is 1. The molecule has 0 spiro atoms. The van der Waals surface area contributed by atoms with Crippen LogP contribution < -0.4 is 5.73 Å². The van der Waals surface area contributed by atoms with Gasteiger partial charge < -0.3 is 10.8 Å². The third-order valence-electron chi connectivity index (χ3n) is 3.14. The second-order valence-corrected chi connectivity index (χ2v) is 5.65. The molecule has 1 aromatic carbocycles. The van der Waals surface area contributed by atoms with E-state index in [-0.39, 0.29) is 12.1 Å². The van der Waals surface area contributed by atoms with Crippen molar-refractivity contribution < 1.29 is 5.11 Å². The number of β-amino-alcohol motifs (C(OH)–C–C–N with tert-alkyl or cyclic N) is 1. The van der Waals surface area contributed by atoms with Gasteiger partial charge in [-0.3, -0.25) is 4.90 Å². The van der Waals surface area contributed by atoms with Gasteiger partial charge in [0.05, 0.1) is 6.10 Å². The van der Waals surface area contributed by atoms with Crippen molar-refractivity contribution in [1.29, 1.82) is 0 Å². The van der Waals surface area contributed by atoms with Crippen molar-refractivity contribution in [3.05, 3.63) is 30.3 Å². The molecule has 1 aliphatic rings. The number of rotatable bonds is 4. The Kier molecular flexibility index (Phi) is 4.86. The molecule has 17 heavy (non-hydrogen) atoms. The van der Waals surface area contributed by atoms with E-state index in [4.69, 9.17) is 5.73 Å². The Morgan fingerprint density at radius 3 is 2.82 bits per heavy atom. The molecule has 1 heterocycles. The van der Waals surface area contributed by atoms with Crippen LogP contribution in [-0.2, 0) is 0 Å². The van der Waals surface area contributed by atoms with Crippen LogP contribution in [0.3, 0.4) is 0 Å². The molecule has 2 rings (SSSR count). The van der Waals surface area contributed by atoms with E-state index in [0.29, 0.717) is 0 Å². The summed E-state index contributed by atoms with van der Waals surface area (Å²) in [5.41, 5.74) is 5.78. The lowest BCUT2D eigenvalue weighted by molar-refractivity contribution is 0.0568. The van der Waals surface area contributed by atoms with E-state index in [1.165, 1.54) is 4.90 Å². The second kappa shape index (κ2) is 6.40. The summed E-state index contributed by atoms with van der Waals surface area (Å²) >= 11 is 1.86. The molecule has 1 aromatic rings. The van der Waals surface area contributed by atoms with Crippen molar-refractivity contribution in [3.8, 4) is 0 Å². The number of nitrogens with zero attached hydrogens (tertiary/aromatic N) is 1. The van der Waals surface area contributed by atoms with E-state index in [2.05, 4.69) is 29.2 Å². The number of piperidine rings is 1. The number of benzene rings is 1. The van der Waals surface area contributed by atoms with Crippen LogP contribution in [0.15, 0.2) is 35.2 Å². The molecule has 4 heteroatoms. The lowest BCUT2D eigenvalue weighted by atomic mass is 10.0. The maximum absolute atomic E-state index is 9.69. The molecule has 0 radical (unpaired) electrons. The number of aliphatic hydroxyl groups excluding tert-OH is 1. The summed E-state index contributed by atoms with van der Waals surface area (Å²) in [5, 5.41) is 9.69. The standard InChI is InChI=1S/C13H20N2OS/c14-12-6-7-15(10-13(12)16)8-9-17-11-4-2-1-3-5-11/h1-5,12-13,16H,6-10,14H2/t12-,13-/m1/s1. The minimum atomic E-state index is -0.356. The third kappa shape index (κ3) is 4.00. The Morgan fingerprint density at radius 1 is 1.35 bits per heavy atom. The van der Waals surface area contributed by atoms with Crippen molar-refractivity contribution in [2.45, 2.75) is 23.5 Å². The second-order valence-electron chi connectivity index (χ2n) is 4.48. The average Bonchev–Trinajstić information content (AvgIpc) is 2.35. The normalized spacial score (nSPS) is 26.0. The number of likely N-dealkylation sites (tertiary alicyclic amines) is 1. The van der Waals surface area contributed by atoms with E-state index in [9.17, 15) is 5.11 Å². The van der Waals surface area contributed by atoms with E-state index in [1.807, 2.05) is 17.8 Å². The molecule has 94 valence electrons. The summed E-state index contributed by atoms with van der Waals surface area (Å²) in [6.45, 7) is 2.74. The largest absolute Gasteiger partial charge is 0.390 e. The van der Waals surface area contributed by atoms with Gasteiger partial charge in [-0.2, -0.15) is 0 Å². The summed E-state index contributed by atoms with van der Waals surface area (Å²) in [4.78, 5) is 3.60. The smallest absolute Gasteiger partial charge is 0.0818 e. The Balaban J connectivity index is 1.69. The van der Waals surface area contributed by atoms with Crippen LogP contribution in [0.2, 0.25) is 0 Å². The van der Waals surface area contributed by atoms with Crippen molar-refractivity contribution >= 4 is 11.8 Å². The highest BCUT2D eigenvalue weighted by molar-refractivity contribution is 7.99. The van der Waals surface area contributed by atoms with E-state index >= 15 is 0 Å². The maximum atomic E-state index is 9.69. The molecule has 1 saturated heterocycles. The van der Waals surface area contributed by atoms with Crippen LogP contribution in [0.5, 0.6) is 0 Å². The fourth-order valence-corrected chi connectivity index (χ4v) is 2.96. The maximum Gasteiger partial charge on any atom is 0.0818 e. The Labute approximate surface area is 107 Å². The van der Waals surface area contributed by atoms with Gasteiger partial charge in [-0.25, -0.2) is 0 Å². The first kappa shape index (κ1) is 12.9. The first-order valence-electron chi connectivity index (χ1n) is 6.09. The highest BCUT2D eigenvalue weighted by Crippen LogP contribution is 2.18. The van der Waals surface area contributed by atoms with Gasteiger partial charge in [-0.05, 0) is 25.1 Å². The predicted octanol–water partition coefficient (Wildman–Crippen LogP) is 1.17. The minimum Gasteiger partial charge on any atom is -0.390 e. The molecule has 0 saturated carbocycles. The molecular formula is C13H20N2OS. The summed E-state index contributed by atoms with van der Waals surface area (Å²) < 4.78 is 0. The first-order chi connectivity index (χ1) is 8.25. The fraction of sp³-hybridized carbons (Fsp3) is 0.538. The minimum absolute atomic E-state index is 0.0342. The Bertz CT molecular complexity index is 333. The van der Waals surface area contributed by atoms with Crippen molar-refractivity contribution in [2.75, 3.05) is 25.4 Å². The van der Waals surface area contributed by atoms with Gasteiger partial charge in [0, 0.05) is 29.8 Å². The van der Waals surface area contributed by atoms with Crippen molar-refractivity contribution in [2.24, 2.45) is 5.73 Å². The molecule has 0 amide bonds. The SMILES string of the molecule is N[C@@H]1CCN(CCSc2ccccc2)C[C@H]1O. The average molecular weight is 252 g/mol. The molecule has 0 aliphatic carbocycles. The molecule has 3 N–H and O–H groups in total. The van der Waals surface area contributed by atoms with Gasteiger partial charge in [-0.1, -0.05) is 18.2 Å². The number of nitrogens with two attached hydrogens (primary N) is 1. The Hall–Kier alpha value is -0.550. The van der Waals surface area contributed by atoms with Crippen LogP contribution in [-0.4, -0.2) is 47.5 Å². The lowest BCUT2D eigenvalue weighted by Gasteiger charge is -2.33. The van der Waals surface area contributed by atoms with Gasteiger partial charge in [0.25, 0.3) is 0 Å². The molecule has 2 atom stereocenters. The van der Waals surface area contributed by atoms with E-state index in [1.54, 1.807) is 0 Å². The van der Waals surface area contributed by atoms with Crippen LogP contribution in [0.1, 0.15) is 6.42 Å². The molecule has 3 nitrogen and oxygen atoms in total. The zero-order valence-corrected chi connectivity index (χ0v) is 10.8. The van der Waals surface area contributed by atoms with Gasteiger partial charge in [0.15, 0.2) is 0 Å². The fourth-order valence-electron chi connectivity index (χ4n) is 2.03. The Morgan fingerprint density at radius 2 is 2.12 bits per heavy atom. The van der Waals surface area contributed by atoms with E-state index in [0.717, 1.165) is 31.8 Å². The van der Waals surface area contributed by atoms with Crippen LogP contribution in [0.4, 0.5) is 0 Å². The molecular weight excluding hydrogens is 232 g/mol. The first-order valence-corrected chi connectivity index (χ1v) is 7.08. The molecule has 0 unspecified atom stereocenters. The van der Waals surface area contributed by atoms with Crippen LogP contribution in [0.25, 0.3) is 0 Å². The monoisotopic (exact) mass is 252 g/mol. The van der Waals surface area contributed by atoms with Crippen LogP contribution >= 0.6 is 11.8 Å². The third-order valence-corrected chi connectivity index (χ3v) is 4.13. The molecule has 0 aromatic heterocycles. The summed E-state index contributed by atoms with van der Waals surface area (Å²) in [6.07, 6.45) is 0.544. The van der Waals surface area contributed by atoms with Gasteiger partial charge >= 0.3 is 0 Å². The van der Waals surface area contributed by atoms with E-state index < -0.39 is 0 Å². The van der Waals surface area contributed by atoms with Gasteiger partial charge in [-0.15, -0.1) is 11.8 Å². The number of aliphatic hydroxyl groups is 1. The zero-order chi connectivity index (χ0) is 12.1. The molecule has 1 aliphatic heterocycles. The quantitative estimate of drug-likeness (QED) is 0.790. The summed E-state index contributed by atoms with van der Waals surface area (Å²) in [7, 11) is 0. The number of hydrogen-bond acceptors (Lipinski definition) is 4. The van der Waals surface area contributed by atoms with Gasteiger partial charge in [0.2, 0.25) is 0 Å². The molecule has 0 bridgehead atoms. The topological polar surface area (TPSA) is 49.5 Å². The summed E-state index contributed by atoms with van der Waals surface area (Å²) in [5.74, 6) is 1.06. The lowest BCUT2D eigenvalue weighted by Crippen LogP contribution is -2.50. The van der Waals surface area contributed by atoms with Gasteiger partial charge in [0.1, 0.15) is 0 Å². The highest BCUT2D eigenvalue weighted by Gasteiger charge is 2.23. The zero-order valence-electron chi connectivity index (χ0n) is 9.96. The molecule has 1 fully saturated rings. The van der Waals surface area contributed by atoms with Crippen LogP contribution in [0, 0.1) is 0 Å². The summed E-state index contributed by atoms with van der Waals surface area (Å²) in [6, 6.07) is 10.4. The van der Waals surface area contributed by atoms with Crippen molar-refractivity contribution in [3.63, 3.8) is 0 Å².